The van der Waals surface area contributed by atoms with Crippen LogP contribution in [-0.2, 0) is 0 Å². The van der Waals surface area contributed by atoms with Crippen LogP contribution < -0.4 is 10.6 Å². The standard InChI is InChI=1S/C12H18BrN3/c1-8-3-4-16(7-9(8)2)12-11(13)5-10(14)6-15-12/h5-6,8-9H,3-4,7,14H2,1-2H3. The van der Waals surface area contributed by atoms with Crippen molar-refractivity contribution in [1.29, 1.82) is 0 Å². The largest absolute Gasteiger partial charge is 0.397 e. The summed E-state index contributed by atoms with van der Waals surface area (Å²) < 4.78 is 0.995. The number of rotatable bonds is 1. The predicted molar refractivity (Wildman–Crippen MR) is 71.5 cm³/mol. The molecule has 4 heteroatoms. The molecular weight excluding hydrogens is 266 g/mol. The molecule has 0 radical (unpaired) electrons. The summed E-state index contributed by atoms with van der Waals surface area (Å²) >= 11 is 3.53. The van der Waals surface area contributed by atoms with E-state index in [-0.39, 0.29) is 0 Å². The Morgan fingerprint density at radius 1 is 1.44 bits per heavy atom. The molecule has 1 saturated heterocycles. The van der Waals surface area contributed by atoms with Gasteiger partial charge in [-0.2, -0.15) is 0 Å². The van der Waals surface area contributed by atoms with Crippen LogP contribution in [0.2, 0.25) is 0 Å². The third-order valence-corrected chi connectivity index (χ3v) is 4.06. The molecule has 1 aromatic heterocycles. The van der Waals surface area contributed by atoms with E-state index in [2.05, 4.69) is 39.7 Å². The number of anilines is 2. The topological polar surface area (TPSA) is 42.2 Å². The number of halogens is 1. The van der Waals surface area contributed by atoms with Crippen molar-refractivity contribution in [3.8, 4) is 0 Å². The summed E-state index contributed by atoms with van der Waals surface area (Å²) in [4.78, 5) is 6.76. The second-order valence-electron chi connectivity index (χ2n) is 4.76. The van der Waals surface area contributed by atoms with Crippen molar-refractivity contribution in [2.75, 3.05) is 23.7 Å². The fourth-order valence-corrected chi connectivity index (χ4v) is 2.75. The van der Waals surface area contributed by atoms with Crippen molar-refractivity contribution in [2.24, 2.45) is 11.8 Å². The molecule has 2 unspecified atom stereocenters. The Hall–Kier alpha value is -0.770. The molecule has 2 atom stereocenters. The first kappa shape index (κ1) is 11.7. The van der Waals surface area contributed by atoms with Gasteiger partial charge in [0.05, 0.1) is 16.4 Å². The quantitative estimate of drug-likeness (QED) is 0.862. The normalized spacial score (nSPS) is 25.8. The van der Waals surface area contributed by atoms with E-state index in [9.17, 15) is 0 Å². The highest BCUT2D eigenvalue weighted by Gasteiger charge is 2.24. The van der Waals surface area contributed by atoms with Crippen LogP contribution in [0.15, 0.2) is 16.7 Å². The van der Waals surface area contributed by atoms with Crippen molar-refractivity contribution in [1.82, 2.24) is 4.98 Å². The maximum absolute atomic E-state index is 5.70. The summed E-state index contributed by atoms with van der Waals surface area (Å²) in [5.74, 6) is 2.55. The van der Waals surface area contributed by atoms with Gasteiger partial charge < -0.3 is 10.6 Å². The first-order valence-corrected chi connectivity index (χ1v) is 6.53. The predicted octanol–water partition coefficient (Wildman–Crippen LogP) is 2.91. The average molecular weight is 284 g/mol. The molecule has 0 saturated carbocycles. The van der Waals surface area contributed by atoms with Gasteiger partial charge in [-0.15, -0.1) is 0 Å². The highest BCUT2D eigenvalue weighted by atomic mass is 79.9. The molecule has 2 heterocycles. The van der Waals surface area contributed by atoms with Crippen LogP contribution in [0.5, 0.6) is 0 Å². The molecule has 0 aliphatic carbocycles. The second-order valence-corrected chi connectivity index (χ2v) is 5.62. The maximum Gasteiger partial charge on any atom is 0.143 e. The molecule has 1 aromatic rings. The SMILES string of the molecule is CC1CCN(c2ncc(N)cc2Br)CC1C. The minimum absolute atomic E-state index is 0.703. The van der Waals surface area contributed by atoms with Gasteiger partial charge in [0.25, 0.3) is 0 Å². The summed E-state index contributed by atoms with van der Waals surface area (Å²) in [6, 6.07) is 1.92. The molecule has 3 nitrogen and oxygen atoms in total. The monoisotopic (exact) mass is 283 g/mol. The van der Waals surface area contributed by atoms with Gasteiger partial charge in [0.1, 0.15) is 5.82 Å². The number of aromatic nitrogens is 1. The van der Waals surface area contributed by atoms with Crippen molar-refractivity contribution in [2.45, 2.75) is 20.3 Å². The minimum atomic E-state index is 0.703. The average Bonchev–Trinajstić information content (AvgIpc) is 2.22. The van der Waals surface area contributed by atoms with Crippen molar-refractivity contribution >= 4 is 27.4 Å². The van der Waals surface area contributed by atoms with Crippen LogP contribution in [0.3, 0.4) is 0 Å². The first-order chi connectivity index (χ1) is 7.58. The fraction of sp³-hybridized carbons (Fsp3) is 0.583. The van der Waals surface area contributed by atoms with E-state index in [1.807, 2.05) is 6.07 Å². The van der Waals surface area contributed by atoms with E-state index < -0.39 is 0 Å². The Balaban J connectivity index is 2.18. The molecule has 2 N–H and O–H groups in total. The summed E-state index contributed by atoms with van der Waals surface area (Å²) in [7, 11) is 0. The number of pyridine rings is 1. The first-order valence-electron chi connectivity index (χ1n) is 5.74. The molecule has 1 fully saturated rings. The van der Waals surface area contributed by atoms with Crippen LogP contribution in [0.25, 0.3) is 0 Å². The van der Waals surface area contributed by atoms with E-state index >= 15 is 0 Å². The Bertz CT molecular complexity index is 381. The van der Waals surface area contributed by atoms with Crippen molar-refractivity contribution < 1.29 is 0 Å². The Morgan fingerprint density at radius 3 is 2.81 bits per heavy atom. The molecule has 1 aliphatic rings. The van der Waals surface area contributed by atoms with E-state index in [1.165, 1.54) is 6.42 Å². The van der Waals surface area contributed by atoms with E-state index in [0.717, 1.165) is 35.2 Å². The number of nitrogens with zero attached hydrogens (tertiary/aromatic N) is 2. The van der Waals surface area contributed by atoms with Gasteiger partial charge in [0.2, 0.25) is 0 Å². The fourth-order valence-electron chi connectivity index (χ4n) is 2.13. The molecule has 0 spiro atoms. The highest BCUT2D eigenvalue weighted by molar-refractivity contribution is 9.10. The van der Waals surface area contributed by atoms with Gasteiger partial charge in [0, 0.05) is 13.1 Å². The molecule has 0 aromatic carbocycles. The van der Waals surface area contributed by atoms with Gasteiger partial charge in [-0.3, -0.25) is 0 Å². The minimum Gasteiger partial charge on any atom is -0.397 e. The van der Waals surface area contributed by atoms with Crippen molar-refractivity contribution in [3.05, 3.63) is 16.7 Å². The Morgan fingerprint density at radius 2 is 2.19 bits per heavy atom. The second kappa shape index (κ2) is 4.62. The van der Waals surface area contributed by atoms with E-state index in [0.29, 0.717) is 5.69 Å². The molecule has 88 valence electrons. The molecular formula is C12H18BrN3. The van der Waals surface area contributed by atoms with Crippen LogP contribution in [-0.4, -0.2) is 18.1 Å². The van der Waals surface area contributed by atoms with Gasteiger partial charge in [0.15, 0.2) is 0 Å². The summed E-state index contributed by atoms with van der Waals surface area (Å²) in [6.07, 6.45) is 2.96. The number of nitrogens with two attached hydrogens (primary N) is 1. The van der Waals surface area contributed by atoms with Crippen LogP contribution in [0.4, 0.5) is 11.5 Å². The summed E-state index contributed by atoms with van der Waals surface area (Å²) in [6.45, 7) is 6.80. The van der Waals surface area contributed by atoms with Gasteiger partial charge in [-0.1, -0.05) is 13.8 Å². The summed E-state index contributed by atoms with van der Waals surface area (Å²) in [5, 5.41) is 0. The number of piperidine rings is 1. The molecule has 16 heavy (non-hydrogen) atoms. The zero-order valence-corrected chi connectivity index (χ0v) is 11.4. The molecule has 2 rings (SSSR count). The molecule has 0 amide bonds. The Kier molecular flexibility index (Phi) is 3.38. The van der Waals surface area contributed by atoms with Gasteiger partial charge in [-0.05, 0) is 40.3 Å². The Labute approximate surface area is 105 Å². The number of nitrogen functional groups attached to an aromatic ring is 1. The lowest BCUT2D eigenvalue weighted by atomic mass is 9.89. The highest BCUT2D eigenvalue weighted by Crippen LogP contribution is 2.31. The van der Waals surface area contributed by atoms with Gasteiger partial charge in [-0.25, -0.2) is 4.98 Å². The van der Waals surface area contributed by atoms with Crippen LogP contribution in [0, 0.1) is 11.8 Å². The molecule has 1 aliphatic heterocycles. The molecule has 0 bridgehead atoms. The summed E-state index contributed by atoms with van der Waals surface area (Å²) in [5.41, 5.74) is 6.40. The van der Waals surface area contributed by atoms with E-state index in [4.69, 9.17) is 5.73 Å². The van der Waals surface area contributed by atoms with Crippen molar-refractivity contribution in [3.63, 3.8) is 0 Å². The lowest BCUT2D eigenvalue weighted by molar-refractivity contribution is 0.322. The third kappa shape index (κ3) is 2.32. The zero-order valence-electron chi connectivity index (χ0n) is 9.78. The van der Waals surface area contributed by atoms with Crippen LogP contribution in [0.1, 0.15) is 20.3 Å². The van der Waals surface area contributed by atoms with Gasteiger partial charge >= 0.3 is 0 Å². The number of hydrogen-bond acceptors (Lipinski definition) is 3. The lowest BCUT2D eigenvalue weighted by Crippen LogP contribution is -2.39. The smallest absolute Gasteiger partial charge is 0.143 e. The van der Waals surface area contributed by atoms with Crippen LogP contribution >= 0.6 is 15.9 Å². The maximum atomic E-state index is 5.70. The lowest BCUT2D eigenvalue weighted by Gasteiger charge is -2.36. The van der Waals surface area contributed by atoms with E-state index in [1.54, 1.807) is 6.20 Å². The zero-order chi connectivity index (χ0) is 11.7. The third-order valence-electron chi connectivity index (χ3n) is 3.48. The number of hydrogen-bond donors (Lipinski definition) is 1.